The number of aliphatic carboxylic acids is 1. The summed E-state index contributed by atoms with van der Waals surface area (Å²) in [7, 11) is 0. The van der Waals surface area contributed by atoms with E-state index in [0.29, 0.717) is 31.9 Å². The van der Waals surface area contributed by atoms with E-state index in [1.807, 2.05) is 25.1 Å². The molecule has 3 amide bonds. The van der Waals surface area contributed by atoms with Crippen molar-refractivity contribution in [1.29, 1.82) is 0 Å². The van der Waals surface area contributed by atoms with E-state index in [2.05, 4.69) is 5.32 Å². The van der Waals surface area contributed by atoms with Gasteiger partial charge in [0.1, 0.15) is 18.4 Å². The van der Waals surface area contributed by atoms with Crippen molar-refractivity contribution in [3.8, 4) is 5.75 Å². The average molecular weight is 498 g/mol. The Hall–Kier alpha value is -4.08. The molecule has 0 unspecified atom stereocenters. The van der Waals surface area contributed by atoms with Crippen molar-refractivity contribution in [2.75, 3.05) is 32.8 Å². The van der Waals surface area contributed by atoms with Crippen LogP contribution < -0.4 is 10.1 Å². The molecule has 0 saturated carbocycles. The molecule has 0 bridgehead atoms. The summed E-state index contributed by atoms with van der Waals surface area (Å²) in [5.41, 5.74) is 1.87. The van der Waals surface area contributed by atoms with Crippen molar-refractivity contribution >= 4 is 23.9 Å². The van der Waals surface area contributed by atoms with Gasteiger partial charge in [-0.3, -0.25) is 9.59 Å². The molecule has 1 aliphatic heterocycles. The summed E-state index contributed by atoms with van der Waals surface area (Å²) < 4.78 is 10.6. The molecule has 1 aliphatic rings. The SMILES string of the molecule is Cc1ccc(OCC(=O)N2CCN(C(=O)CC[C@H](NC(=O)OCc3ccccc3)C(=O)O)CC2)cc1. The van der Waals surface area contributed by atoms with Crippen LogP contribution in [-0.4, -0.2) is 77.6 Å². The Morgan fingerprint density at radius 2 is 1.53 bits per heavy atom. The lowest BCUT2D eigenvalue weighted by atomic mass is 10.1. The first-order valence-corrected chi connectivity index (χ1v) is 11.8. The van der Waals surface area contributed by atoms with E-state index in [1.165, 1.54) is 0 Å². The van der Waals surface area contributed by atoms with Crippen LogP contribution >= 0.6 is 0 Å². The van der Waals surface area contributed by atoms with E-state index in [0.717, 1.165) is 11.1 Å². The standard InChI is InChI=1S/C26H31N3O7/c1-19-7-9-21(10-8-19)35-18-24(31)29-15-13-28(14-16-29)23(30)12-11-22(25(32)33)27-26(34)36-17-20-5-3-2-4-6-20/h2-10,22H,11-18H2,1H3,(H,27,34)(H,32,33)/t22-/m0/s1. The third-order valence-electron chi connectivity index (χ3n) is 5.82. The van der Waals surface area contributed by atoms with Gasteiger partial charge in [0.05, 0.1) is 0 Å². The van der Waals surface area contributed by atoms with Crippen molar-refractivity contribution in [3.63, 3.8) is 0 Å². The van der Waals surface area contributed by atoms with Crippen LogP contribution in [-0.2, 0) is 25.7 Å². The number of carbonyl (C=O) groups excluding carboxylic acids is 3. The van der Waals surface area contributed by atoms with Gasteiger partial charge in [0.2, 0.25) is 5.91 Å². The minimum Gasteiger partial charge on any atom is -0.484 e. The fraction of sp³-hybridized carbons (Fsp3) is 0.385. The Morgan fingerprint density at radius 3 is 2.14 bits per heavy atom. The Labute approximate surface area is 209 Å². The maximum absolute atomic E-state index is 12.6. The highest BCUT2D eigenvalue weighted by Crippen LogP contribution is 2.12. The normalized spacial score (nSPS) is 14.0. The van der Waals surface area contributed by atoms with E-state index in [9.17, 15) is 24.3 Å². The van der Waals surface area contributed by atoms with Crippen molar-refractivity contribution in [1.82, 2.24) is 15.1 Å². The molecule has 10 nitrogen and oxygen atoms in total. The molecule has 36 heavy (non-hydrogen) atoms. The van der Waals surface area contributed by atoms with Crippen molar-refractivity contribution in [3.05, 3.63) is 65.7 Å². The summed E-state index contributed by atoms with van der Waals surface area (Å²) in [6, 6.07) is 15.2. The summed E-state index contributed by atoms with van der Waals surface area (Å²) in [5, 5.41) is 11.7. The Kier molecular flexibility index (Phi) is 9.67. The van der Waals surface area contributed by atoms with Crippen LogP contribution in [0.5, 0.6) is 5.75 Å². The molecule has 2 aromatic rings. The number of piperazine rings is 1. The third kappa shape index (κ3) is 8.30. The summed E-state index contributed by atoms with van der Waals surface area (Å²) in [6.45, 7) is 3.33. The Bertz CT molecular complexity index is 1040. The number of amides is 3. The smallest absolute Gasteiger partial charge is 0.408 e. The minimum absolute atomic E-state index is 0.0109. The highest BCUT2D eigenvalue weighted by molar-refractivity contribution is 5.82. The molecule has 1 atom stereocenters. The first-order valence-electron chi connectivity index (χ1n) is 11.8. The maximum atomic E-state index is 12.6. The first-order chi connectivity index (χ1) is 17.3. The topological polar surface area (TPSA) is 125 Å². The second-order valence-corrected chi connectivity index (χ2v) is 8.50. The lowest BCUT2D eigenvalue weighted by Crippen LogP contribution is -2.52. The Morgan fingerprint density at radius 1 is 0.917 bits per heavy atom. The van der Waals surface area contributed by atoms with E-state index in [4.69, 9.17) is 9.47 Å². The summed E-state index contributed by atoms with van der Waals surface area (Å²) in [6.07, 6.45) is -0.989. The number of rotatable bonds is 10. The predicted octanol–water partition coefficient (Wildman–Crippen LogP) is 2.20. The van der Waals surface area contributed by atoms with E-state index in [1.54, 1.807) is 46.2 Å². The van der Waals surface area contributed by atoms with Crippen LogP contribution in [0.25, 0.3) is 0 Å². The highest BCUT2D eigenvalue weighted by Gasteiger charge is 2.27. The van der Waals surface area contributed by atoms with Gasteiger partial charge in [0.25, 0.3) is 5.91 Å². The van der Waals surface area contributed by atoms with Gasteiger partial charge in [-0.25, -0.2) is 9.59 Å². The number of alkyl carbamates (subject to hydrolysis) is 1. The highest BCUT2D eigenvalue weighted by atomic mass is 16.5. The minimum atomic E-state index is -1.25. The van der Waals surface area contributed by atoms with Crippen LogP contribution in [0.4, 0.5) is 4.79 Å². The number of nitrogens with zero attached hydrogens (tertiary/aromatic N) is 2. The number of ether oxygens (including phenoxy) is 2. The average Bonchev–Trinajstić information content (AvgIpc) is 2.89. The number of aryl methyl sites for hydroxylation is 1. The molecular weight excluding hydrogens is 466 g/mol. The van der Waals surface area contributed by atoms with Crippen molar-refractivity contribution < 1.29 is 33.8 Å². The lowest BCUT2D eigenvalue weighted by molar-refractivity contribution is -0.142. The molecule has 2 aromatic carbocycles. The number of hydrogen-bond acceptors (Lipinski definition) is 6. The molecule has 2 N–H and O–H groups in total. The maximum Gasteiger partial charge on any atom is 0.408 e. The molecule has 1 saturated heterocycles. The number of carboxylic acids is 1. The van der Waals surface area contributed by atoms with Crippen LogP contribution in [0.2, 0.25) is 0 Å². The monoisotopic (exact) mass is 497 g/mol. The van der Waals surface area contributed by atoms with Crippen molar-refractivity contribution in [2.24, 2.45) is 0 Å². The first kappa shape index (κ1) is 26.5. The van der Waals surface area contributed by atoms with Gasteiger partial charge in [-0.05, 0) is 31.0 Å². The molecule has 0 radical (unpaired) electrons. The molecule has 1 heterocycles. The van der Waals surface area contributed by atoms with Gasteiger partial charge in [-0.2, -0.15) is 0 Å². The largest absolute Gasteiger partial charge is 0.484 e. The molecular formula is C26H31N3O7. The van der Waals surface area contributed by atoms with Gasteiger partial charge in [-0.1, -0.05) is 48.0 Å². The van der Waals surface area contributed by atoms with Gasteiger partial charge in [0, 0.05) is 32.6 Å². The van der Waals surface area contributed by atoms with Gasteiger partial charge in [-0.15, -0.1) is 0 Å². The summed E-state index contributed by atoms with van der Waals surface area (Å²) in [4.78, 5) is 51.8. The number of carboxylic acid groups (broad SMARTS) is 1. The molecule has 10 heteroatoms. The van der Waals surface area contributed by atoms with E-state index < -0.39 is 18.1 Å². The number of benzene rings is 2. The van der Waals surface area contributed by atoms with Crippen LogP contribution in [0.3, 0.4) is 0 Å². The second-order valence-electron chi connectivity index (χ2n) is 8.50. The van der Waals surface area contributed by atoms with Crippen LogP contribution in [0.1, 0.15) is 24.0 Å². The fourth-order valence-electron chi connectivity index (χ4n) is 3.67. The van der Waals surface area contributed by atoms with Gasteiger partial charge >= 0.3 is 12.1 Å². The molecule has 3 rings (SSSR count). The number of hydrogen-bond donors (Lipinski definition) is 2. The molecule has 0 aliphatic carbocycles. The van der Waals surface area contributed by atoms with Crippen LogP contribution in [0.15, 0.2) is 54.6 Å². The number of carbonyl (C=O) groups is 4. The lowest BCUT2D eigenvalue weighted by Gasteiger charge is -2.35. The fourth-order valence-corrected chi connectivity index (χ4v) is 3.67. The molecule has 0 spiro atoms. The van der Waals surface area contributed by atoms with Gasteiger partial charge in [0.15, 0.2) is 6.61 Å². The quantitative estimate of drug-likeness (QED) is 0.515. The van der Waals surface area contributed by atoms with E-state index in [-0.39, 0.29) is 37.9 Å². The zero-order valence-electron chi connectivity index (χ0n) is 20.2. The second kappa shape index (κ2) is 13.1. The number of nitrogens with one attached hydrogen (secondary N) is 1. The Balaban J connectivity index is 1.37. The third-order valence-corrected chi connectivity index (χ3v) is 5.82. The van der Waals surface area contributed by atoms with Crippen molar-refractivity contribution in [2.45, 2.75) is 32.4 Å². The summed E-state index contributed by atoms with van der Waals surface area (Å²) >= 11 is 0. The zero-order chi connectivity index (χ0) is 25.9. The van der Waals surface area contributed by atoms with E-state index >= 15 is 0 Å². The molecule has 192 valence electrons. The summed E-state index contributed by atoms with van der Waals surface area (Å²) in [5.74, 6) is -1.02. The van der Waals surface area contributed by atoms with Gasteiger partial charge < -0.3 is 29.7 Å². The zero-order valence-corrected chi connectivity index (χ0v) is 20.2. The molecule has 1 fully saturated rings. The molecule has 0 aromatic heterocycles. The predicted molar refractivity (Wildman–Crippen MR) is 130 cm³/mol. The van der Waals surface area contributed by atoms with Crippen LogP contribution in [0, 0.1) is 6.92 Å².